The number of anilines is 1. The Hall–Kier alpha value is -4.59. The van der Waals surface area contributed by atoms with Crippen LogP contribution in [-0.2, 0) is 0 Å². The normalized spacial score (nSPS) is 11.3. The molecule has 0 aliphatic carbocycles. The Labute approximate surface area is 203 Å². The first-order valence-corrected chi connectivity index (χ1v) is 10.7. The number of nitrogens with zero attached hydrogens (tertiary/aromatic N) is 3. The van der Waals surface area contributed by atoms with Gasteiger partial charge in [-0.1, -0.05) is 24.8 Å². The van der Waals surface area contributed by atoms with Crippen molar-refractivity contribution in [2.75, 3.05) is 19.4 Å². The summed E-state index contributed by atoms with van der Waals surface area (Å²) < 4.78 is 13.3. The number of benzene rings is 2. The third kappa shape index (κ3) is 7.20. The summed E-state index contributed by atoms with van der Waals surface area (Å²) in [6, 6.07) is 16.5. The van der Waals surface area contributed by atoms with E-state index in [1.54, 1.807) is 39.3 Å². The van der Waals surface area contributed by atoms with Gasteiger partial charge in [-0.3, -0.25) is 14.6 Å². The van der Waals surface area contributed by atoms with Crippen LogP contribution in [0.25, 0.3) is 11.1 Å². The van der Waals surface area contributed by atoms with E-state index in [1.165, 1.54) is 35.5 Å². The number of hydrogen-bond donors (Lipinski definition) is 2. The minimum atomic E-state index is -0.476. The lowest BCUT2D eigenvalue weighted by Gasteiger charge is -2.11. The maximum atomic E-state index is 13.3. The lowest BCUT2D eigenvalue weighted by atomic mass is 10.1. The summed E-state index contributed by atoms with van der Waals surface area (Å²) in [5.41, 5.74) is 3.69. The SMILES string of the molecule is C=C(C=N/C=C(\C)NC(=O)c1cccc(F)c1)Nc1ccc(-c2ccc(C(=O)N(C)C)cc2)cn1. The minimum Gasteiger partial charge on any atom is -0.345 e. The van der Waals surface area contributed by atoms with E-state index in [9.17, 15) is 14.0 Å². The average Bonchev–Trinajstić information content (AvgIpc) is 2.84. The highest BCUT2D eigenvalue weighted by Crippen LogP contribution is 2.21. The fraction of sp³-hybridized carbons (Fsp3) is 0.111. The van der Waals surface area contributed by atoms with Gasteiger partial charge in [-0.15, -0.1) is 0 Å². The number of nitrogens with one attached hydrogen (secondary N) is 2. The molecule has 0 atom stereocenters. The third-order valence-corrected chi connectivity index (χ3v) is 4.82. The number of allylic oxidation sites excluding steroid dienone is 2. The lowest BCUT2D eigenvalue weighted by molar-refractivity contribution is 0.0827. The third-order valence-electron chi connectivity index (χ3n) is 4.82. The molecule has 3 aromatic rings. The van der Waals surface area contributed by atoms with E-state index in [0.717, 1.165) is 17.2 Å². The van der Waals surface area contributed by atoms with Crippen molar-refractivity contribution in [3.63, 3.8) is 0 Å². The molecule has 0 bridgehead atoms. The molecule has 0 radical (unpaired) electrons. The summed E-state index contributed by atoms with van der Waals surface area (Å²) in [5, 5.41) is 5.68. The Balaban J connectivity index is 1.54. The summed E-state index contributed by atoms with van der Waals surface area (Å²) in [6.07, 6.45) is 4.68. The molecule has 2 N–H and O–H groups in total. The van der Waals surface area contributed by atoms with Gasteiger partial charge in [-0.05, 0) is 55.0 Å². The van der Waals surface area contributed by atoms with E-state index >= 15 is 0 Å². The molecule has 35 heavy (non-hydrogen) atoms. The molecule has 2 aromatic carbocycles. The number of aromatic nitrogens is 1. The molecular formula is C27H26FN5O2. The van der Waals surface area contributed by atoms with Crippen LogP contribution < -0.4 is 10.6 Å². The largest absolute Gasteiger partial charge is 0.345 e. The average molecular weight is 472 g/mol. The predicted octanol–water partition coefficient (Wildman–Crippen LogP) is 4.88. The molecule has 3 rings (SSSR count). The van der Waals surface area contributed by atoms with Crippen LogP contribution in [0.15, 0.2) is 96.0 Å². The number of carbonyl (C=O) groups is 2. The number of carbonyl (C=O) groups excluding carboxylic acids is 2. The first kappa shape index (κ1) is 25.0. The monoisotopic (exact) mass is 471 g/mol. The van der Waals surface area contributed by atoms with Gasteiger partial charge in [-0.2, -0.15) is 0 Å². The van der Waals surface area contributed by atoms with Crippen LogP contribution in [-0.4, -0.2) is 42.0 Å². The summed E-state index contributed by atoms with van der Waals surface area (Å²) in [5.74, 6) is -0.359. The zero-order chi connectivity index (χ0) is 25.4. The van der Waals surface area contributed by atoms with Gasteiger partial charge < -0.3 is 15.5 Å². The number of aliphatic imine (C=N–C) groups is 1. The van der Waals surface area contributed by atoms with Crippen molar-refractivity contribution < 1.29 is 14.0 Å². The Kier molecular flexibility index (Phi) is 8.24. The smallest absolute Gasteiger partial charge is 0.255 e. The summed E-state index contributed by atoms with van der Waals surface area (Å²) in [6.45, 7) is 5.57. The number of amides is 2. The van der Waals surface area contributed by atoms with Crippen molar-refractivity contribution >= 4 is 23.8 Å². The highest BCUT2D eigenvalue weighted by molar-refractivity contribution is 5.95. The molecule has 1 heterocycles. The van der Waals surface area contributed by atoms with Crippen molar-refractivity contribution in [2.45, 2.75) is 6.92 Å². The second-order valence-electron chi connectivity index (χ2n) is 7.91. The van der Waals surface area contributed by atoms with Crippen molar-refractivity contribution in [3.05, 3.63) is 108 Å². The van der Waals surface area contributed by atoms with Gasteiger partial charge in [-0.25, -0.2) is 9.37 Å². The van der Waals surface area contributed by atoms with E-state index in [2.05, 4.69) is 27.2 Å². The number of halogens is 1. The number of pyridine rings is 1. The molecule has 1 aromatic heterocycles. The molecule has 8 heteroatoms. The fourth-order valence-corrected chi connectivity index (χ4v) is 3.05. The van der Waals surface area contributed by atoms with Gasteiger partial charge in [0.15, 0.2) is 0 Å². The first-order chi connectivity index (χ1) is 16.7. The van der Waals surface area contributed by atoms with Gasteiger partial charge in [0.2, 0.25) is 0 Å². The van der Waals surface area contributed by atoms with E-state index in [1.807, 2.05) is 24.3 Å². The minimum absolute atomic E-state index is 0.0478. The second kappa shape index (κ2) is 11.5. The molecule has 0 aliphatic heterocycles. The molecule has 0 aliphatic rings. The van der Waals surface area contributed by atoms with E-state index in [-0.39, 0.29) is 11.5 Å². The predicted molar refractivity (Wildman–Crippen MR) is 137 cm³/mol. The maximum absolute atomic E-state index is 13.3. The lowest BCUT2D eigenvalue weighted by Crippen LogP contribution is -2.21. The molecule has 0 saturated carbocycles. The van der Waals surface area contributed by atoms with Crippen LogP contribution in [0, 0.1) is 5.82 Å². The van der Waals surface area contributed by atoms with Gasteiger partial charge in [0.25, 0.3) is 11.8 Å². The Morgan fingerprint density at radius 1 is 1.03 bits per heavy atom. The quantitative estimate of drug-likeness (QED) is 0.459. The first-order valence-electron chi connectivity index (χ1n) is 10.7. The van der Waals surface area contributed by atoms with E-state index in [4.69, 9.17) is 0 Å². The molecule has 0 spiro atoms. The topological polar surface area (TPSA) is 86.7 Å². The van der Waals surface area contributed by atoms with Crippen LogP contribution in [0.1, 0.15) is 27.6 Å². The van der Waals surface area contributed by atoms with Crippen molar-refractivity contribution in [3.8, 4) is 11.1 Å². The molecule has 0 unspecified atom stereocenters. The van der Waals surface area contributed by atoms with Gasteiger partial charge >= 0.3 is 0 Å². The molecule has 7 nitrogen and oxygen atoms in total. The molecule has 2 amide bonds. The second-order valence-corrected chi connectivity index (χ2v) is 7.91. The summed E-state index contributed by atoms with van der Waals surface area (Å²) in [7, 11) is 3.43. The Bertz CT molecular complexity index is 1280. The molecule has 178 valence electrons. The van der Waals surface area contributed by atoms with Crippen molar-refractivity contribution in [1.29, 1.82) is 0 Å². The van der Waals surface area contributed by atoms with Crippen molar-refractivity contribution in [2.24, 2.45) is 4.99 Å². The molecule has 0 saturated heterocycles. The fourth-order valence-electron chi connectivity index (χ4n) is 3.05. The zero-order valence-corrected chi connectivity index (χ0v) is 19.7. The van der Waals surface area contributed by atoms with Crippen LogP contribution in [0.4, 0.5) is 10.2 Å². The van der Waals surface area contributed by atoms with Gasteiger partial charge in [0, 0.05) is 55.1 Å². The zero-order valence-electron chi connectivity index (χ0n) is 19.7. The number of rotatable bonds is 8. The Morgan fingerprint density at radius 3 is 2.37 bits per heavy atom. The van der Waals surface area contributed by atoms with Crippen molar-refractivity contribution in [1.82, 2.24) is 15.2 Å². The summed E-state index contributed by atoms with van der Waals surface area (Å²) in [4.78, 5) is 34.2. The molecular weight excluding hydrogens is 445 g/mol. The van der Waals surface area contributed by atoms with Crippen LogP contribution >= 0.6 is 0 Å². The Morgan fingerprint density at radius 2 is 1.74 bits per heavy atom. The van der Waals surface area contributed by atoms with Gasteiger partial charge in [0.05, 0.1) is 5.70 Å². The van der Waals surface area contributed by atoms with Crippen LogP contribution in [0.5, 0.6) is 0 Å². The van der Waals surface area contributed by atoms with Crippen LogP contribution in [0.3, 0.4) is 0 Å². The van der Waals surface area contributed by atoms with E-state index < -0.39 is 11.7 Å². The highest BCUT2D eigenvalue weighted by Gasteiger charge is 2.08. The highest BCUT2D eigenvalue weighted by atomic mass is 19.1. The standard InChI is InChI=1S/C27H26FN5O2/c1-18(15-29-16-19(2)32-26(34)22-6-5-7-24(28)14-22)31-25-13-12-23(17-30-25)20-8-10-21(11-9-20)27(35)33(3)4/h5-17H,1H2,2-4H3,(H,30,31)(H,32,34)/b19-16+,29-15?. The van der Waals surface area contributed by atoms with Gasteiger partial charge in [0.1, 0.15) is 11.6 Å². The maximum Gasteiger partial charge on any atom is 0.255 e. The number of hydrogen-bond acceptors (Lipinski definition) is 5. The van der Waals surface area contributed by atoms with E-state index in [0.29, 0.717) is 22.8 Å². The van der Waals surface area contributed by atoms with Crippen LogP contribution in [0.2, 0.25) is 0 Å². The summed E-state index contributed by atoms with van der Waals surface area (Å²) >= 11 is 0. The molecule has 0 fully saturated rings.